The predicted octanol–water partition coefficient (Wildman–Crippen LogP) is 0.594. The highest BCUT2D eigenvalue weighted by atomic mass is 32.2. The van der Waals surface area contributed by atoms with E-state index in [4.69, 9.17) is 0 Å². The highest BCUT2D eigenvalue weighted by molar-refractivity contribution is 7.91. The quantitative estimate of drug-likeness (QED) is 0.849. The molecule has 1 atom stereocenters. The zero-order valence-corrected chi connectivity index (χ0v) is 11.6. The van der Waals surface area contributed by atoms with Crippen molar-refractivity contribution < 1.29 is 13.2 Å². The molecule has 1 aliphatic heterocycles. The fraction of sp³-hybridized carbons (Fsp3) is 0.667. The summed E-state index contributed by atoms with van der Waals surface area (Å²) in [6.45, 7) is 1.77. The van der Waals surface area contributed by atoms with Gasteiger partial charge >= 0.3 is 0 Å². The number of carbonyl (C=O) groups excluding carboxylic acids is 1. The van der Waals surface area contributed by atoms with Crippen LogP contribution in [-0.2, 0) is 9.84 Å². The van der Waals surface area contributed by atoms with Crippen molar-refractivity contribution in [2.75, 3.05) is 11.5 Å². The molecule has 1 aliphatic carbocycles. The standard InChI is InChI=1S/C12H17N3O3S/c1-12(4-5-19(17,18)7-12)13-11(16)10-6-9(14-15-10)8-2-3-8/h6,8H,2-5,7H2,1H3,(H,13,16)(H,14,15). The Morgan fingerprint density at radius 1 is 1.53 bits per heavy atom. The molecule has 1 aromatic heterocycles. The summed E-state index contributed by atoms with van der Waals surface area (Å²) in [5.74, 6) is 0.350. The van der Waals surface area contributed by atoms with Gasteiger partial charge in [-0.2, -0.15) is 5.10 Å². The normalized spacial score (nSPS) is 29.3. The van der Waals surface area contributed by atoms with E-state index in [1.807, 2.05) is 0 Å². The molecule has 0 bridgehead atoms. The molecule has 2 aliphatic rings. The van der Waals surface area contributed by atoms with Gasteiger partial charge in [0.05, 0.1) is 17.0 Å². The van der Waals surface area contributed by atoms with Gasteiger partial charge in [-0.1, -0.05) is 0 Å². The third-order valence-electron chi connectivity index (χ3n) is 3.77. The molecule has 2 heterocycles. The molecule has 6 nitrogen and oxygen atoms in total. The van der Waals surface area contributed by atoms with E-state index in [0.29, 0.717) is 18.0 Å². The van der Waals surface area contributed by atoms with Crippen LogP contribution in [0.4, 0.5) is 0 Å². The van der Waals surface area contributed by atoms with E-state index < -0.39 is 15.4 Å². The van der Waals surface area contributed by atoms with Crippen molar-refractivity contribution in [3.63, 3.8) is 0 Å². The van der Waals surface area contributed by atoms with Crippen LogP contribution in [-0.4, -0.2) is 41.6 Å². The van der Waals surface area contributed by atoms with Crippen LogP contribution in [0.2, 0.25) is 0 Å². The maximum atomic E-state index is 12.1. The minimum Gasteiger partial charge on any atom is -0.344 e. The second-order valence-electron chi connectivity index (χ2n) is 5.84. The molecule has 1 unspecified atom stereocenters. The van der Waals surface area contributed by atoms with Gasteiger partial charge in [-0.05, 0) is 32.3 Å². The number of nitrogens with zero attached hydrogens (tertiary/aromatic N) is 1. The second kappa shape index (κ2) is 4.06. The number of aromatic amines is 1. The van der Waals surface area contributed by atoms with Gasteiger partial charge in [-0.15, -0.1) is 0 Å². The molecule has 7 heteroatoms. The van der Waals surface area contributed by atoms with E-state index in [-0.39, 0.29) is 17.4 Å². The van der Waals surface area contributed by atoms with Gasteiger partial charge in [0.2, 0.25) is 0 Å². The maximum Gasteiger partial charge on any atom is 0.272 e. The number of amides is 1. The lowest BCUT2D eigenvalue weighted by Gasteiger charge is -2.23. The molecular weight excluding hydrogens is 266 g/mol. The smallest absolute Gasteiger partial charge is 0.272 e. The van der Waals surface area contributed by atoms with Crippen LogP contribution < -0.4 is 5.32 Å². The van der Waals surface area contributed by atoms with Crippen molar-refractivity contribution in [2.45, 2.75) is 37.6 Å². The molecule has 1 amide bonds. The summed E-state index contributed by atoms with van der Waals surface area (Å²) >= 11 is 0. The van der Waals surface area contributed by atoms with Crippen LogP contribution in [0.5, 0.6) is 0 Å². The summed E-state index contributed by atoms with van der Waals surface area (Å²) < 4.78 is 23.0. The Balaban J connectivity index is 1.70. The van der Waals surface area contributed by atoms with E-state index in [9.17, 15) is 13.2 Å². The van der Waals surface area contributed by atoms with Crippen LogP contribution >= 0.6 is 0 Å². The molecule has 2 fully saturated rings. The molecule has 0 aromatic carbocycles. The van der Waals surface area contributed by atoms with Crippen molar-refractivity contribution >= 4 is 15.7 Å². The summed E-state index contributed by atoms with van der Waals surface area (Å²) in [6.07, 6.45) is 2.74. The Morgan fingerprint density at radius 2 is 2.26 bits per heavy atom. The molecule has 2 N–H and O–H groups in total. The summed E-state index contributed by atoms with van der Waals surface area (Å²) in [4.78, 5) is 12.1. The zero-order chi connectivity index (χ0) is 13.7. The van der Waals surface area contributed by atoms with Crippen molar-refractivity contribution in [1.29, 1.82) is 0 Å². The monoisotopic (exact) mass is 283 g/mol. The fourth-order valence-corrected chi connectivity index (χ4v) is 4.60. The number of carbonyl (C=O) groups is 1. The highest BCUT2D eigenvalue weighted by Gasteiger charge is 2.40. The number of nitrogens with one attached hydrogen (secondary N) is 2. The first-order chi connectivity index (χ1) is 8.87. The van der Waals surface area contributed by atoms with Crippen LogP contribution in [0.1, 0.15) is 48.3 Å². The second-order valence-corrected chi connectivity index (χ2v) is 8.02. The first kappa shape index (κ1) is 12.7. The lowest BCUT2D eigenvalue weighted by Crippen LogP contribution is -2.47. The predicted molar refractivity (Wildman–Crippen MR) is 69.7 cm³/mol. The van der Waals surface area contributed by atoms with Gasteiger partial charge in [-0.3, -0.25) is 9.89 Å². The largest absolute Gasteiger partial charge is 0.344 e. The van der Waals surface area contributed by atoms with Crippen LogP contribution in [0, 0.1) is 0 Å². The molecule has 104 valence electrons. The first-order valence-electron chi connectivity index (χ1n) is 6.45. The van der Waals surface area contributed by atoms with Crippen LogP contribution in [0.25, 0.3) is 0 Å². The van der Waals surface area contributed by atoms with Crippen LogP contribution in [0.3, 0.4) is 0 Å². The molecule has 1 saturated heterocycles. The molecule has 19 heavy (non-hydrogen) atoms. The van der Waals surface area contributed by atoms with E-state index in [2.05, 4.69) is 15.5 Å². The molecule has 3 rings (SSSR count). The minimum absolute atomic E-state index is 0.00560. The Bertz CT molecular complexity index is 618. The number of rotatable bonds is 3. The highest BCUT2D eigenvalue weighted by Crippen LogP contribution is 2.39. The molecule has 0 spiro atoms. The van der Waals surface area contributed by atoms with Crippen LogP contribution in [0.15, 0.2) is 6.07 Å². The van der Waals surface area contributed by atoms with Crippen molar-refractivity contribution in [3.05, 3.63) is 17.5 Å². The van der Waals surface area contributed by atoms with Gasteiger partial charge in [-0.25, -0.2) is 8.42 Å². The van der Waals surface area contributed by atoms with Crippen molar-refractivity contribution in [3.8, 4) is 0 Å². The van der Waals surface area contributed by atoms with Gasteiger partial charge in [0.15, 0.2) is 9.84 Å². The van der Waals surface area contributed by atoms with E-state index in [1.54, 1.807) is 13.0 Å². The Hall–Kier alpha value is -1.37. The number of hydrogen-bond donors (Lipinski definition) is 2. The lowest BCUT2D eigenvalue weighted by atomic mass is 10.0. The molecular formula is C12H17N3O3S. The topological polar surface area (TPSA) is 91.9 Å². The summed E-state index contributed by atoms with van der Waals surface area (Å²) in [5.41, 5.74) is 0.663. The average Bonchev–Trinajstić information content (AvgIpc) is 2.96. The number of aromatic nitrogens is 2. The van der Waals surface area contributed by atoms with E-state index in [1.165, 1.54) is 0 Å². The minimum atomic E-state index is -3.02. The number of sulfone groups is 1. The van der Waals surface area contributed by atoms with E-state index >= 15 is 0 Å². The Morgan fingerprint density at radius 3 is 2.84 bits per heavy atom. The SMILES string of the molecule is CC1(NC(=O)c2cc(C3CC3)[nH]n2)CCS(=O)(=O)C1. The lowest BCUT2D eigenvalue weighted by molar-refractivity contribution is 0.0910. The van der Waals surface area contributed by atoms with E-state index in [0.717, 1.165) is 18.5 Å². The summed E-state index contributed by atoms with van der Waals surface area (Å²) in [5, 5.41) is 9.67. The third kappa shape index (κ3) is 2.65. The fourth-order valence-electron chi connectivity index (χ4n) is 2.50. The molecule has 1 saturated carbocycles. The summed E-state index contributed by atoms with van der Waals surface area (Å²) in [7, 11) is -3.02. The average molecular weight is 283 g/mol. The van der Waals surface area contributed by atoms with Gasteiger partial charge in [0, 0.05) is 11.6 Å². The van der Waals surface area contributed by atoms with Gasteiger partial charge in [0.25, 0.3) is 5.91 Å². The van der Waals surface area contributed by atoms with Gasteiger partial charge in [0.1, 0.15) is 5.69 Å². The number of H-pyrrole nitrogens is 1. The zero-order valence-electron chi connectivity index (χ0n) is 10.8. The van der Waals surface area contributed by atoms with Crippen molar-refractivity contribution in [2.24, 2.45) is 0 Å². The summed E-state index contributed by atoms with van der Waals surface area (Å²) in [6, 6.07) is 1.76. The molecule has 1 aromatic rings. The van der Waals surface area contributed by atoms with Crippen molar-refractivity contribution in [1.82, 2.24) is 15.5 Å². The first-order valence-corrected chi connectivity index (χ1v) is 8.27. The third-order valence-corrected chi connectivity index (χ3v) is 5.67. The Labute approximate surface area is 111 Å². The number of hydrogen-bond acceptors (Lipinski definition) is 4. The molecule has 0 radical (unpaired) electrons. The maximum absolute atomic E-state index is 12.1. The van der Waals surface area contributed by atoms with Gasteiger partial charge < -0.3 is 5.32 Å². The Kier molecular flexibility index (Phi) is 2.70.